The summed E-state index contributed by atoms with van der Waals surface area (Å²) in [7, 11) is -4.14. The zero-order valence-electron chi connectivity index (χ0n) is 25.8. The van der Waals surface area contributed by atoms with Crippen LogP contribution in [0.25, 0.3) is 0 Å². The van der Waals surface area contributed by atoms with Crippen molar-refractivity contribution >= 4 is 27.5 Å². The number of nitrogens with one attached hydrogen (secondary N) is 1. The van der Waals surface area contributed by atoms with Crippen LogP contribution in [0.5, 0.6) is 0 Å². The SMILES string of the molecule is Cc1cccc(N(CC(=O)N(Cc2ccccc2)[C@H](Cc2ccccc2)C(=O)NCC(C)C)S(=O)(=O)c2ccccc2)c1C. The van der Waals surface area contributed by atoms with E-state index in [1.165, 1.54) is 21.3 Å². The van der Waals surface area contributed by atoms with Crippen LogP contribution in [0.1, 0.15) is 36.1 Å². The molecule has 0 unspecified atom stereocenters. The standard InChI is InChI=1S/C36H41N3O4S/c1-27(2)24-37-36(41)34(23-30-16-8-5-9-17-30)38(25-31-18-10-6-11-19-31)35(40)26-39(33-22-14-15-28(3)29(33)4)44(42,43)32-20-12-7-13-21-32/h5-22,27,34H,23-26H2,1-4H3,(H,37,41)/t34-/m1/s1. The maximum absolute atomic E-state index is 14.5. The molecule has 0 aliphatic carbocycles. The van der Waals surface area contributed by atoms with E-state index in [9.17, 15) is 18.0 Å². The molecule has 4 aromatic rings. The lowest BCUT2D eigenvalue weighted by Crippen LogP contribution is -2.53. The highest BCUT2D eigenvalue weighted by molar-refractivity contribution is 7.92. The predicted octanol–water partition coefficient (Wildman–Crippen LogP) is 5.91. The van der Waals surface area contributed by atoms with E-state index in [0.29, 0.717) is 12.2 Å². The summed E-state index contributed by atoms with van der Waals surface area (Å²) in [4.78, 5) is 30.0. The molecule has 4 aromatic carbocycles. The molecule has 0 spiro atoms. The first-order valence-electron chi connectivity index (χ1n) is 14.9. The van der Waals surface area contributed by atoms with Crippen LogP contribution >= 0.6 is 0 Å². The molecule has 0 saturated carbocycles. The number of rotatable bonds is 13. The van der Waals surface area contributed by atoms with Gasteiger partial charge in [-0.3, -0.25) is 13.9 Å². The summed E-state index contributed by atoms with van der Waals surface area (Å²) in [6.45, 7) is 7.89. The van der Waals surface area contributed by atoms with Gasteiger partial charge in [0.15, 0.2) is 0 Å². The summed E-state index contributed by atoms with van der Waals surface area (Å²) in [6, 6.07) is 31.7. The zero-order chi connectivity index (χ0) is 31.7. The van der Waals surface area contributed by atoms with E-state index >= 15 is 0 Å². The molecule has 0 bridgehead atoms. The minimum absolute atomic E-state index is 0.0822. The molecule has 4 rings (SSSR count). The fourth-order valence-corrected chi connectivity index (χ4v) is 6.49. The van der Waals surface area contributed by atoms with Crippen LogP contribution in [0.15, 0.2) is 114 Å². The Morgan fingerprint density at radius 2 is 1.32 bits per heavy atom. The van der Waals surface area contributed by atoms with Gasteiger partial charge in [-0.15, -0.1) is 0 Å². The van der Waals surface area contributed by atoms with Gasteiger partial charge in [-0.05, 0) is 60.2 Å². The molecule has 2 amide bonds. The summed E-state index contributed by atoms with van der Waals surface area (Å²) >= 11 is 0. The van der Waals surface area contributed by atoms with Crippen molar-refractivity contribution in [2.45, 2.75) is 51.6 Å². The normalized spacial score (nSPS) is 12.0. The van der Waals surface area contributed by atoms with E-state index in [2.05, 4.69) is 5.32 Å². The van der Waals surface area contributed by atoms with Gasteiger partial charge in [-0.2, -0.15) is 0 Å². The molecule has 7 nitrogen and oxygen atoms in total. The number of carbonyl (C=O) groups is 2. The number of anilines is 1. The first kappa shape index (κ1) is 32.5. The van der Waals surface area contributed by atoms with Gasteiger partial charge in [0.2, 0.25) is 11.8 Å². The Labute approximate surface area is 261 Å². The predicted molar refractivity (Wildman–Crippen MR) is 176 cm³/mol. The summed E-state index contributed by atoms with van der Waals surface area (Å²) in [6.07, 6.45) is 0.276. The Hall–Kier alpha value is -4.43. The molecule has 0 aliphatic rings. The average Bonchev–Trinajstić information content (AvgIpc) is 3.03. The van der Waals surface area contributed by atoms with Gasteiger partial charge < -0.3 is 10.2 Å². The Kier molecular flexibility index (Phi) is 11.0. The van der Waals surface area contributed by atoms with E-state index in [-0.39, 0.29) is 29.7 Å². The van der Waals surface area contributed by atoms with Gasteiger partial charge in [0, 0.05) is 19.5 Å². The molecule has 1 atom stereocenters. The Morgan fingerprint density at radius 3 is 1.91 bits per heavy atom. The highest BCUT2D eigenvalue weighted by atomic mass is 32.2. The number of sulfonamides is 1. The number of carbonyl (C=O) groups excluding carboxylic acids is 2. The summed E-state index contributed by atoms with van der Waals surface area (Å²) in [5.74, 6) is -0.545. The fourth-order valence-electron chi connectivity index (χ4n) is 5.00. The van der Waals surface area contributed by atoms with Crippen LogP contribution < -0.4 is 9.62 Å². The minimum atomic E-state index is -4.14. The molecule has 0 radical (unpaired) electrons. The monoisotopic (exact) mass is 611 g/mol. The second-order valence-electron chi connectivity index (χ2n) is 11.4. The topological polar surface area (TPSA) is 86.8 Å². The Balaban J connectivity index is 1.81. The number of hydrogen-bond donors (Lipinski definition) is 1. The highest BCUT2D eigenvalue weighted by Crippen LogP contribution is 2.29. The van der Waals surface area contributed by atoms with Crippen LogP contribution in [0, 0.1) is 19.8 Å². The van der Waals surface area contributed by atoms with Crippen molar-refractivity contribution < 1.29 is 18.0 Å². The van der Waals surface area contributed by atoms with Gasteiger partial charge in [-0.25, -0.2) is 8.42 Å². The number of benzene rings is 4. The molecular weight excluding hydrogens is 570 g/mol. The number of nitrogens with zero attached hydrogens (tertiary/aromatic N) is 2. The maximum Gasteiger partial charge on any atom is 0.264 e. The lowest BCUT2D eigenvalue weighted by molar-refractivity contribution is -0.140. The van der Waals surface area contributed by atoms with Crippen molar-refractivity contribution in [3.63, 3.8) is 0 Å². The van der Waals surface area contributed by atoms with Crippen LogP contribution in [-0.4, -0.2) is 44.3 Å². The highest BCUT2D eigenvalue weighted by Gasteiger charge is 2.35. The van der Waals surface area contributed by atoms with E-state index in [4.69, 9.17) is 0 Å². The van der Waals surface area contributed by atoms with Crippen molar-refractivity contribution in [3.8, 4) is 0 Å². The molecule has 0 aromatic heterocycles. The van der Waals surface area contributed by atoms with Crippen LogP contribution in [0.4, 0.5) is 5.69 Å². The van der Waals surface area contributed by atoms with E-state index in [0.717, 1.165) is 22.3 Å². The van der Waals surface area contributed by atoms with Crippen LogP contribution in [0.3, 0.4) is 0 Å². The molecule has 44 heavy (non-hydrogen) atoms. The lowest BCUT2D eigenvalue weighted by atomic mass is 10.0. The largest absolute Gasteiger partial charge is 0.354 e. The first-order chi connectivity index (χ1) is 21.1. The summed E-state index contributed by atoms with van der Waals surface area (Å²) < 4.78 is 29.5. The van der Waals surface area contributed by atoms with Crippen molar-refractivity contribution in [3.05, 3.63) is 131 Å². The van der Waals surface area contributed by atoms with Crippen LogP contribution in [-0.2, 0) is 32.6 Å². The third kappa shape index (κ3) is 8.14. The number of hydrogen-bond acceptors (Lipinski definition) is 4. The minimum Gasteiger partial charge on any atom is -0.354 e. The molecule has 0 heterocycles. The zero-order valence-corrected chi connectivity index (χ0v) is 26.6. The second-order valence-corrected chi connectivity index (χ2v) is 13.3. The molecule has 0 aliphatic heterocycles. The van der Waals surface area contributed by atoms with Crippen LogP contribution in [0.2, 0.25) is 0 Å². The summed E-state index contributed by atoms with van der Waals surface area (Å²) in [5, 5.41) is 3.02. The van der Waals surface area contributed by atoms with Crippen molar-refractivity contribution in [2.75, 3.05) is 17.4 Å². The van der Waals surface area contributed by atoms with Crippen molar-refractivity contribution in [1.29, 1.82) is 0 Å². The number of amides is 2. The third-order valence-corrected chi connectivity index (χ3v) is 9.38. The maximum atomic E-state index is 14.5. The van der Waals surface area contributed by atoms with Gasteiger partial charge >= 0.3 is 0 Å². The Bertz CT molecular complexity index is 1640. The molecular formula is C36H41N3O4S. The fraction of sp³-hybridized carbons (Fsp3) is 0.278. The molecule has 8 heteroatoms. The molecule has 230 valence electrons. The smallest absolute Gasteiger partial charge is 0.264 e. The second kappa shape index (κ2) is 14.8. The van der Waals surface area contributed by atoms with Gasteiger partial charge in [-0.1, -0.05) is 105 Å². The third-order valence-electron chi connectivity index (χ3n) is 7.61. The van der Waals surface area contributed by atoms with Gasteiger partial charge in [0.1, 0.15) is 12.6 Å². The van der Waals surface area contributed by atoms with Gasteiger partial charge in [0.25, 0.3) is 10.0 Å². The van der Waals surface area contributed by atoms with Crippen molar-refractivity contribution in [1.82, 2.24) is 10.2 Å². The molecule has 0 fully saturated rings. The van der Waals surface area contributed by atoms with E-state index < -0.39 is 28.5 Å². The summed E-state index contributed by atoms with van der Waals surface area (Å²) in [5.41, 5.74) is 3.81. The molecule has 0 saturated heterocycles. The first-order valence-corrected chi connectivity index (χ1v) is 16.3. The number of aryl methyl sites for hydroxylation is 1. The molecule has 1 N–H and O–H groups in total. The Morgan fingerprint density at radius 1 is 0.750 bits per heavy atom. The van der Waals surface area contributed by atoms with E-state index in [1.54, 1.807) is 30.3 Å². The van der Waals surface area contributed by atoms with Crippen molar-refractivity contribution in [2.24, 2.45) is 5.92 Å². The quantitative estimate of drug-likeness (QED) is 0.204. The van der Waals surface area contributed by atoms with E-state index in [1.807, 2.05) is 94.4 Å². The lowest BCUT2D eigenvalue weighted by Gasteiger charge is -2.34. The average molecular weight is 612 g/mol. The van der Waals surface area contributed by atoms with Gasteiger partial charge in [0.05, 0.1) is 10.6 Å².